The molecule has 1 atom stereocenters. The summed E-state index contributed by atoms with van der Waals surface area (Å²) in [7, 11) is 0. The molecule has 0 N–H and O–H groups in total. The second kappa shape index (κ2) is 20.4. The number of nitrogens with zero attached hydrogens (tertiary/aromatic N) is 1. The summed E-state index contributed by atoms with van der Waals surface area (Å²) in [5.41, 5.74) is 0. The van der Waals surface area contributed by atoms with Gasteiger partial charge in [-0.2, -0.15) is 4.57 Å². The molecule has 29 heavy (non-hydrogen) atoms. The molecule has 0 fully saturated rings. The second-order valence-electron chi connectivity index (χ2n) is 7.98. The van der Waals surface area contributed by atoms with Crippen LogP contribution in [0.2, 0.25) is 0 Å². The summed E-state index contributed by atoms with van der Waals surface area (Å²) in [6.07, 6.45) is 23.8. The molecule has 1 heterocycles. The first-order valence-electron chi connectivity index (χ1n) is 11.9. The van der Waals surface area contributed by atoms with Crippen molar-refractivity contribution in [2.75, 3.05) is 6.61 Å². The van der Waals surface area contributed by atoms with Crippen molar-refractivity contribution < 1.29 is 31.1 Å². The van der Waals surface area contributed by atoms with E-state index in [1.54, 1.807) is 0 Å². The van der Waals surface area contributed by atoms with E-state index in [2.05, 4.69) is 6.92 Å². The highest BCUT2D eigenvalue weighted by atomic mass is 79.9. The van der Waals surface area contributed by atoms with Crippen LogP contribution in [0.15, 0.2) is 30.6 Å². The van der Waals surface area contributed by atoms with Gasteiger partial charge in [-0.05, 0) is 13.3 Å². The number of halogens is 1. The van der Waals surface area contributed by atoms with Crippen LogP contribution in [-0.4, -0.2) is 12.6 Å². The van der Waals surface area contributed by atoms with Crippen LogP contribution in [0.4, 0.5) is 0 Å². The van der Waals surface area contributed by atoms with E-state index >= 15 is 0 Å². The number of ether oxygens (including phenoxy) is 1. The summed E-state index contributed by atoms with van der Waals surface area (Å²) in [6, 6.07) is 5.73. The van der Waals surface area contributed by atoms with Gasteiger partial charge < -0.3 is 21.7 Å². The van der Waals surface area contributed by atoms with Crippen molar-refractivity contribution in [1.29, 1.82) is 0 Å². The molecule has 1 aromatic rings. The maximum Gasteiger partial charge on any atom is 0.375 e. The topological polar surface area (TPSA) is 30.2 Å². The van der Waals surface area contributed by atoms with Gasteiger partial charge in [-0.1, -0.05) is 96.5 Å². The predicted octanol–water partition coefficient (Wildman–Crippen LogP) is 3.95. The first-order valence-corrected chi connectivity index (χ1v) is 11.9. The van der Waals surface area contributed by atoms with Gasteiger partial charge in [0.1, 0.15) is 0 Å². The van der Waals surface area contributed by atoms with E-state index in [9.17, 15) is 4.79 Å². The molecule has 1 unspecified atom stereocenters. The number of hydrogen-bond donors (Lipinski definition) is 0. The molecule has 3 nitrogen and oxygen atoms in total. The Morgan fingerprint density at radius 2 is 1.17 bits per heavy atom. The Kier molecular flexibility index (Phi) is 19.7. The number of esters is 1. The Balaban J connectivity index is 0.00000784. The lowest BCUT2D eigenvalue weighted by Crippen LogP contribution is -3.00. The third-order valence-corrected chi connectivity index (χ3v) is 5.49. The number of carbonyl (C=O) groups is 1. The first kappa shape index (κ1) is 28.1. The fraction of sp³-hybridized carbons (Fsp3) is 0.760. The fourth-order valence-electron chi connectivity index (χ4n) is 3.78. The molecular formula is C25H44BrNO2. The van der Waals surface area contributed by atoms with E-state index in [1.807, 2.05) is 42.1 Å². The van der Waals surface area contributed by atoms with Crippen LogP contribution >= 0.6 is 0 Å². The Labute approximate surface area is 190 Å². The second-order valence-corrected chi connectivity index (χ2v) is 7.98. The summed E-state index contributed by atoms with van der Waals surface area (Å²) < 4.78 is 7.25. The first-order chi connectivity index (χ1) is 13.8. The van der Waals surface area contributed by atoms with Gasteiger partial charge in [0.2, 0.25) is 0 Å². The Hall–Kier alpha value is -0.900. The number of rotatable bonds is 18. The molecule has 0 aliphatic carbocycles. The molecule has 4 heteroatoms. The largest absolute Gasteiger partial charge is 1.00 e. The quantitative estimate of drug-likeness (QED) is 0.185. The minimum absolute atomic E-state index is 0. The van der Waals surface area contributed by atoms with Crippen molar-refractivity contribution in [2.45, 2.75) is 116 Å². The highest BCUT2D eigenvalue weighted by molar-refractivity contribution is 5.72. The van der Waals surface area contributed by atoms with Gasteiger partial charge in [-0.3, -0.25) is 0 Å². The maximum atomic E-state index is 12.3. The van der Waals surface area contributed by atoms with Crippen molar-refractivity contribution >= 4 is 5.97 Å². The lowest BCUT2D eigenvalue weighted by molar-refractivity contribution is -0.711. The zero-order valence-corrected chi connectivity index (χ0v) is 20.5. The van der Waals surface area contributed by atoms with E-state index < -0.39 is 0 Å². The van der Waals surface area contributed by atoms with Gasteiger partial charge in [0.05, 0.1) is 6.61 Å². The smallest absolute Gasteiger partial charge is 0.375 e. The summed E-state index contributed by atoms with van der Waals surface area (Å²) in [6.45, 7) is 4.60. The van der Waals surface area contributed by atoms with Crippen LogP contribution in [0.1, 0.15) is 116 Å². The third-order valence-electron chi connectivity index (χ3n) is 5.49. The normalized spacial score (nSPS) is 11.7. The molecule has 0 spiro atoms. The molecule has 0 radical (unpaired) electrons. The van der Waals surface area contributed by atoms with E-state index in [0.717, 1.165) is 12.8 Å². The van der Waals surface area contributed by atoms with Gasteiger partial charge >= 0.3 is 5.97 Å². The van der Waals surface area contributed by atoms with Crippen LogP contribution in [0.3, 0.4) is 0 Å². The Bertz CT molecular complexity index is 481. The molecule has 168 valence electrons. The summed E-state index contributed by atoms with van der Waals surface area (Å²) >= 11 is 0. The maximum absolute atomic E-state index is 12.3. The lowest BCUT2D eigenvalue weighted by atomic mass is 10.0. The van der Waals surface area contributed by atoms with Gasteiger partial charge in [0.25, 0.3) is 6.04 Å². The average Bonchev–Trinajstić information content (AvgIpc) is 2.72. The third kappa shape index (κ3) is 14.7. The van der Waals surface area contributed by atoms with Crippen LogP contribution in [-0.2, 0) is 9.53 Å². The lowest BCUT2D eigenvalue weighted by Gasteiger charge is -2.11. The highest BCUT2D eigenvalue weighted by Gasteiger charge is 2.27. The molecule has 0 bridgehead atoms. The molecular weight excluding hydrogens is 426 g/mol. The van der Waals surface area contributed by atoms with Gasteiger partial charge in [0.15, 0.2) is 12.4 Å². The van der Waals surface area contributed by atoms with Gasteiger partial charge in [0, 0.05) is 18.6 Å². The van der Waals surface area contributed by atoms with Crippen molar-refractivity contribution in [3.63, 3.8) is 0 Å². The minimum atomic E-state index is -0.182. The van der Waals surface area contributed by atoms with Crippen LogP contribution in [0.5, 0.6) is 0 Å². The van der Waals surface area contributed by atoms with E-state index in [0.29, 0.717) is 6.61 Å². The Morgan fingerprint density at radius 3 is 1.62 bits per heavy atom. The summed E-state index contributed by atoms with van der Waals surface area (Å²) in [4.78, 5) is 12.3. The molecule has 0 saturated carbocycles. The Morgan fingerprint density at radius 1 is 0.724 bits per heavy atom. The van der Waals surface area contributed by atoms with Crippen molar-refractivity contribution in [3.8, 4) is 0 Å². The van der Waals surface area contributed by atoms with Crippen LogP contribution < -0.4 is 21.5 Å². The monoisotopic (exact) mass is 469 g/mol. The van der Waals surface area contributed by atoms with E-state index in [1.165, 1.54) is 83.5 Å². The minimum Gasteiger partial charge on any atom is -1.00 e. The zero-order chi connectivity index (χ0) is 20.3. The molecule has 1 rings (SSSR count). The van der Waals surface area contributed by atoms with Gasteiger partial charge in [-0.15, -0.1) is 0 Å². The highest BCUT2D eigenvalue weighted by Crippen LogP contribution is 2.16. The number of hydrogen-bond acceptors (Lipinski definition) is 2. The number of unbranched alkanes of at least 4 members (excludes halogenated alkanes) is 13. The summed E-state index contributed by atoms with van der Waals surface area (Å²) in [5.74, 6) is -0.103. The SMILES string of the molecule is CCCCCCCCCCCCCCCCC(C(=O)OCC)[n+]1ccccc1.[Br-]. The average molecular weight is 471 g/mol. The van der Waals surface area contributed by atoms with Crippen molar-refractivity contribution in [2.24, 2.45) is 0 Å². The molecule has 0 aliphatic rings. The molecule has 0 amide bonds. The van der Waals surface area contributed by atoms with E-state index in [4.69, 9.17) is 4.74 Å². The zero-order valence-electron chi connectivity index (χ0n) is 18.9. The van der Waals surface area contributed by atoms with Crippen molar-refractivity contribution in [3.05, 3.63) is 30.6 Å². The van der Waals surface area contributed by atoms with Crippen molar-refractivity contribution in [1.82, 2.24) is 0 Å². The van der Waals surface area contributed by atoms with Gasteiger partial charge in [-0.25, -0.2) is 4.79 Å². The number of aromatic nitrogens is 1. The number of carbonyl (C=O) groups excluding carboxylic acids is 1. The predicted molar refractivity (Wildman–Crippen MR) is 117 cm³/mol. The summed E-state index contributed by atoms with van der Waals surface area (Å²) in [5, 5.41) is 0. The van der Waals surface area contributed by atoms with Crippen LogP contribution in [0.25, 0.3) is 0 Å². The number of pyridine rings is 1. The van der Waals surface area contributed by atoms with E-state index in [-0.39, 0.29) is 29.0 Å². The molecule has 1 aromatic heterocycles. The molecule has 0 aliphatic heterocycles. The molecule has 0 aromatic carbocycles. The molecule has 0 saturated heterocycles. The van der Waals surface area contributed by atoms with Crippen LogP contribution in [0, 0.1) is 0 Å². The fourth-order valence-corrected chi connectivity index (χ4v) is 3.78. The standard InChI is InChI=1S/C25H44NO2.BrH/c1-3-5-6-7-8-9-10-11-12-13-14-15-16-18-21-24(25(27)28-4-2)26-22-19-17-20-23-26;/h17,19-20,22-24H,3-16,18,21H2,1-2H3;1H/q+1;/p-1.